The van der Waals surface area contributed by atoms with Gasteiger partial charge in [-0.25, -0.2) is 0 Å². The molecule has 0 saturated carbocycles. The maximum atomic E-state index is 13.1. The summed E-state index contributed by atoms with van der Waals surface area (Å²) in [6.45, 7) is 9.07. The molecule has 0 radical (unpaired) electrons. The van der Waals surface area contributed by atoms with Crippen LogP contribution in [-0.2, 0) is 22.4 Å². The molecule has 0 heterocycles. The molecule has 1 N–H and O–H groups in total. The van der Waals surface area contributed by atoms with Crippen LogP contribution in [0.3, 0.4) is 0 Å². The molecule has 0 aliphatic heterocycles. The number of carbonyl (C=O) groups is 2. The minimum absolute atomic E-state index is 0.0163. The van der Waals surface area contributed by atoms with Crippen molar-refractivity contribution in [1.29, 1.82) is 0 Å². The third-order valence-electron chi connectivity index (χ3n) is 4.94. The van der Waals surface area contributed by atoms with Gasteiger partial charge in [-0.3, -0.25) is 9.59 Å². The minimum Gasteiger partial charge on any atom is -0.354 e. The summed E-state index contributed by atoms with van der Waals surface area (Å²) in [6.07, 6.45) is 1.03. The number of nitrogens with one attached hydrogen (secondary N) is 1. The van der Waals surface area contributed by atoms with E-state index in [4.69, 9.17) is 0 Å². The van der Waals surface area contributed by atoms with Crippen LogP contribution in [-0.4, -0.2) is 35.8 Å². The van der Waals surface area contributed by atoms with Crippen LogP contribution in [0.2, 0.25) is 0 Å². The van der Waals surface area contributed by atoms with Crippen LogP contribution in [0.1, 0.15) is 37.5 Å². The van der Waals surface area contributed by atoms with Crippen LogP contribution in [0.25, 0.3) is 0 Å². The van der Waals surface area contributed by atoms with Crippen molar-refractivity contribution in [1.82, 2.24) is 10.2 Å². The van der Waals surface area contributed by atoms with Gasteiger partial charge in [0.25, 0.3) is 0 Å². The van der Waals surface area contributed by atoms with Crippen molar-refractivity contribution in [3.63, 3.8) is 0 Å². The normalized spacial score (nSPS) is 11.9. The summed E-state index contributed by atoms with van der Waals surface area (Å²) in [5.41, 5.74) is 3.26. The molecule has 0 aliphatic rings. The Bertz CT molecular complexity index is 771. The molecule has 4 heteroatoms. The minimum atomic E-state index is -0.501. The van der Waals surface area contributed by atoms with E-state index in [0.717, 1.165) is 23.1 Å². The number of hydrogen-bond donors (Lipinski definition) is 1. The number of hydrogen-bond acceptors (Lipinski definition) is 2. The van der Waals surface area contributed by atoms with Gasteiger partial charge in [0, 0.05) is 13.1 Å². The van der Waals surface area contributed by atoms with Gasteiger partial charge in [0.05, 0.1) is 6.42 Å². The van der Waals surface area contributed by atoms with Crippen molar-refractivity contribution in [2.45, 2.75) is 46.6 Å². The van der Waals surface area contributed by atoms with E-state index in [1.54, 1.807) is 4.90 Å². The summed E-state index contributed by atoms with van der Waals surface area (Å²) in [6, 6.07) is 17.5. The Balaban J connectivity index is 2.13. The maximum Gasteiger partial charge on any atom is 0.242 e. The first-order chi connectivity index (χ1) is 13.4. The number of amides is 2. The smallest absolute Gasteiger partial charge is 0.242 e. The summed E-state index contributed by atoms with van der Waals surface area (Å²) in [7, 11) is 0. The summed E-state index contributed by atoms with van der Waals surface area (Å²) >= 11 is 0. The van der Waals surface area contributed by atoms with Crippen molar-refractivity contribution in [3.8, 4) is 0 Å². The number of aryl methyl sites for hydroxylation is 1. The third kappa shape index (κ3) is 6.52. The van der Waals surface area contributed by atoms with E-state index in [-0.39, 0.29) is 11.8 Å². The largest absolute Gasteiger partial charge is 0.354 e. The number of benzene rings is 2. The molecule has 2 rings (SSSR count). The standard InChI is InChI=1S/C24H32N2O2/c1-18(2)17-25-24(28)20(4)26(15-14-21-11-6-5-7-12-21)23(27)16-22-13-9-8-10-19(22)3/h5-13,18,20H,14-17H2,1-4H3,(H,25,28). The second-order valence-corrected chi connectivity index (χ2v) is 7.74. The van der Waals surface area contributed by atoms with E-state index < -0.39 is 6.04 Å². The highest BCUT2D eigenvalue weighted by Gasteiger charge is 2.26. The van der Waals surface area contributed by atoms with E-state index in [9.17, 15) is 9.59 Å². The lowest BCUT2D eigenvalue weighted by atomic mass is 10.0. The summed E-state index contributed by atoms with van der Waals surface area (Å²) in [5, 5.41) is 2.96. The van der Waals surface area contributed by atoms with Gasteiger partial charge in [0.15, 0.2) is 0 Å². The number of nitrogens with zero attached hydrogens (tertiary/aromatic N) is 1. The molecule has 28 heavy (non-hydrogen) atoms. The Morgan fingerprint density at radius 3 is 2.25 bits per heavy atom. The molecule has 0 saturated heterocycles. The van der Waals surface area contributed by atoms with Gasteiger partial charge in [-0.05, 0) is 42.9 Å². The van der Waals surface area contributed by atoms with Crippen LogP contribution < -0.4 is 5.32 Å². The van der Waals surface area contributed by atoms with Crippen LogP contribution >= 0.6 is 0 Å². The molecule has 2 amide bonds. The second kappa shape index (κ2) is 10.6. The van der Waals surface area contributed by atoms with Crippen molar-refractivity contribution in [3.05, 3.63) is 71.3 Å². The fourth-order valence-corrected chi connectivity index (χ4v) is 3.10. The summed E-state index contributed by atoms with van der Waals surface area (Å²) in [5.74, 6) is 0.258. The van der Waals surface area contributed by atoms with Crippen molar-refractivity contribution in [2.75, 3.05) is 13.1 Å². The van der Waals surface area contributed by atoms with Crippen LogP contribution in [0, 0.1) is 12.8 Å². The monoisotopic (exact) mass is 380 g/mol. The van der Waals surface area contributed by atoms with Gasteiger partial charge in [-0.15, -0.1) is 0 Å². The molecule has 0 aliphatic carbocycles. The molecule has 1 atom stereocenters. The summed E-state index contributed by atoms with van der Waals surface area (Å²) < 4.78 is 0. The second-order valence-electron chi connectivity index (χ2n) is 7.74. The first-order valence-corrected chi connectivity index (χ1v) is 10.0. The van der Waals surface area contributed by atoms with E-state index >= 15 is 0 Å². The lowest BCUT2D eigenvalue weighted by Crippen LogP contribution is -2.49. The van der Waals surface area contributed by atoms with E-state index in [1.807, 2.05) is 68.4 Å². The Morgan fingerprint density at radius 2 is 1.61 bits per heavy atom. The molecular formula is C24H32N2O2. The molecule has 1 unspecified atom stereocenters. The lowest BCUT2D eigenvalue weighted by Gasteiger charge is -2.29. The number of carbonyl (C=O) groups excluding carboxylic acids is 2. The fraction of sp³-hybridized carbons (Fsp3) is 0.417. The molecular weight excluding hydrogens is 348 g/mol. The lowest BCUT2D eigenvalue weighted by molar-refractivity contribution is -0.139. The fourth-order valence-electron chi connectivity index (χ4n) is 3.10. The molecule has 0 fully saturated rings. The van der Waals surface area contributed by atoms with Gasteiger partial charge >= 0.3 is 0 Å². The van der Waals surface area contributed by atoms with E-state index in [0.29, 0.717) is 25.4 Å². The highest BCUT2D eigenvalue weighted by molar-refractivity contribution is 5.88. The predicted octanol–water partition coefficient (Wildman–Crippen LogP) is 3.77. The maximum absolute atomic E-state index is 13.1. The Hall–Kier alpha value is -2.62. The molecule has 0 bridgehead atoms. The Kier molecular flexibility index (Phi) is 8.24. The average molecular weight is 381 g/mol. The summed E-state index contributed by atoms with van der Waals surface area (Å²) in [4.78, 5) is 27.5. The molecule has 150 valence electrons. The van der Waals surface area contributed by atoms with Gasteiger partial charge in [0.2, 0.25) is 11.8 Å². The van der Waals surface area contributed by atoms with Crippen LogP contribution in [0.5, 0.6) is 0 Å². The molecule has 2 aromatic carbocycles. The van der Waals surface area contributed by atoms with E-state index in [2.05, 4.69) is 19.2 Å². The Labute approximate surface area is 169 Å². The highest BCUT2D eigenvalue weighted by Crippen LogP contribution is 2.13. The zero-order valence-electron chi connectivity index (χ0n) is 17.4. The third-order valence-corrected chi connectivity index (χ3v) is 4.94. The topological polar surface area (TPSA) is 49.4 Å². The quantitative estimate of drug-likeness (QED) is 0.720. The van der Waals surface area contributed by atoms with Gasteiger partial charge in [-0.2, -0.15) is 0 Å². The zero-order chi connectivity index (χ0) is 20.5. The first kappa shape index (κ1) is 21.7. The Morgan fingerprint density at radius 1 is 0.964 bits per heavy atom. The van der Waals surface area contributed by atoms with Crippen molar-refractivity contribution >= 4 is 11.8 Å². The molecule has 4 nitrogen and oxygen atoms in total. The van der Waals surface area contributed by atoms with Gasteiger partial charge in [-0.1, -0.05) is 68.4 Å². The van der Waals surface area contributed by atoms with Crippen LogP contribution in [0.4, 0.5) is 0 Å². The zero-order valence-corrected chi connectivity index (χ0v) is 17.4. The molecule has 2 aromatic rings. The van der Waals surface area contributed by atoms with Crippen molar-refractivity contribution in [2.24, 2.45) is 5.92 Å². The average Bonchev–Trinajstić information content (AvgIpc) is 2.68. The van der Waals surface area contributed by atoms with Gasteiger partial charge < -0.3 is 10.2 Å². The SMILES string of the molecule is Cc1ccccc1CC(=O)N(CCc1ccccc1)C(C)C(=O)NCC(C)C. The molecule has 0 aromatic heterocycles. The first-order valence-electron chi connectivity index (χ1n) is 10.0. The predicted molar refractivity (Wildman–Crippen MR) is 114 cm³/mol. The van der Waals surface area contributed by atoms with Gasteiger partial charge in [0.1, 0.15) is 6.04 Å². The van der Waals surface area contributed by atoms with Crippen molar-refractivity contribution < 1.29 is 9.59 Å². The number of rotatable bonds is 9. The van der Waals surface area contributed by atoms with Crippen LogP contribution in [0.15, 0.2) is 54.6 Å². The van der Waals surface area contributed by atoms with E-state index in [1.165, 1.54) is 0 Å². The molecule has 0 spiro atoms. The highest BCUT2D eigenvalue weighted by atomic mass is 16.2.